The lowest BCUT2D eigenvalue weighted by Crippen LogP contribution is -2.31. The molecule has 0 aliphatic heterocycles. The van der Waals surface area contributed by atoms with Crippen LogP contribution in [-0.2, 0) is 4.79 Å². The Bertz CT molecular complexity index is 886. The quantitative estimate of drug-likeness (QED) is 0.708. The summed E-state index contributed by atoms with van der Waals surface area (Å²) in [7, 11) is 1.78. The summed E-state index contributed by atoms with van der Waals surface area (Å²) in [6.45, 7) is 4.01. The second-order valence-corrected chi connectivity index (χ2v) is 6.04. The van der Waals surface area contributed by atoms with Crippen LogP contribution >= 0.6 is 0 Å². The number of aryl methyl sites for hydroxylation is 2. The zero-order valence-corrected chi connectivity index (χ0v) is 14.2. The molecule has 0 spiro atoms. The highest BCUT2D eigenvalue weighted by Crippen LogP contribution is 2.22. The van der Waals surface area contributed by atoms with Crippen LogP contribution < -0.4 is 9.64 Å². The minimum atomic E-state index is -0.0776. The zero-order valence-electron chi connectivity index (χ0n) is 14.2. The summed E-state index contributed by atoms with van der Waals surface area (Å²) in [5, 5.41) is 2.28. The molecule has 3 aromatic rings. The average molecular weight is 319 g/mol. The number of carbonyl (C=O) groups is 1. The van der Waals surface area contributed by atoms with Crippen molar-refractivity contribution in [2.45, 2.75) is 13.8 Å². The van der Waals surface area contributed by atoms with E-state index in [9.17, 15) is 4.79 Å². The number of fused-ring (bicyclic) bond motifs is 1. The maximum Gasteiger partial charge on any atom is 0.264 e. The molecule has 3 rings (SSSR count). The molecule has 0 N–H and O–H groups in total. The van der Waals surface area contributed by atoms with Gasteiger partial charge in [-0.2, -0.15) is 0 Å². The Hall–Kier alpha value is -2.81. The van der Waals surface area contributed by atoms with Gasteiger partial charge in [-0.1, -0.05) is 42.5 Å². The van der Waals surface area contributed by atoms with Gasteiger partial charge in [0.15, 0.2) is 6.61 Å². The second-order valence-electron chi connectivity index (χ2n) is 6.04. The van der Waals surface area contributed by atoms with Gasteiger partial charge in [0.1, 0.15) is 5.75 Å². The molecule has 0 saturated heterocycles. The van der Waals surface area contributed by atoms with E-state index >= 15 is 0 Å². The van der Waals surface area contributed by atoms with E-state index in [4.69, 9.17) is 4.74 Å². The smallest absolute Gasteiger partial charge is 0.264 e. The van der Waals surface area contributed by atoms with Crippen molar-refractivity contribution in [1.82, 2.24) is 0 Å². The van der Waals surface area contributed by atoms with Crippen molar-refractivity contribution >= 4 is 22.4 Å². The number of carbonyl (C=O) groups excluding carboxylic acids is 1. The molecule has 3 heteroatoms. The number of nitrogens with zero attached hydrogens (tertiary/aromatic N) is 1. The first-order valence-electron chi connectivity index (χ1n) is 8.00. The summed E-state index contributed by atoms with van der Waals surface area (Å²) in [5.41, 5.74) is 3.01. The summed E-state index contributed by atoms with van der Waals surface area (Å²) in [6.07, 6.45) is 0. The highest BCUT2D eigenvalue weighted by molar-refractivity contribution is 5.96. The fourth-order valence-corrected chi connectivity index (χ4v) is 2.63. The molecule has 122 valence electrons. The molecule has 0 heterocycles. The number of benzene rings is 3. The third kappa shape index (κ3) is 3.40. The normalized spacial score (nSPS) is 10.6. The van der Waals surface area contributed by atoms with Gasteiger partial charge in [-0.05, 0) is 53.9 Å². The van der Waals surface area contributed by atoms with Crippen molar-refractivity contribution in [3.8, 4) is 5.75 Å². The van der Waals surface area contributed by atoms with Gasteiger partial charge >= 0.3 is 0 Å². The molecule has 1 amide bonds. The predicted molar refractivity (Wildman–Crippen MR) is 98.8 cm³/mol. The molecule has 0 aliphatic rings. The molecule has 0 aromatic heterocycles. The number of hydrogen-bond donors (Lipinski definition) is 0. The molecule has 0 atom stereocenters. The molecule has 0 fully saturated rings. The molecular weight excluding hydrogens is 298 g/mol. The van der Waals surface area contributed by atoms with Crippen molar-refractivity contribution in [2.75, 3.05) is 18.6 Å². The van der Waals surface area contributed by atoms with Crippen molar-refractivity contribution < 1.29 is 9.53 Å². The van der Waals surface area contributed by atoms with Gasteiger partial charge in [-0.25, -0.2) is 0 Å². The standard InChI is InChI=1S/C21H21NO2/c1-15-8-9-16(2)20(12-15)24-14-21(23)22(3)19-11-10-17-6-4-5-7-18(17)13-19/h4-13H,14H2,1-3H3. The molecular formula is C21H21NO2. The summed E-state index contributed by atoms with van der Waals surface area (Å²) < 4.78 is 5.72. The number of hydrogen-bond acceptors (Lipinski definition) is 2. The lowest BCUT2D eigenvalue weighted by Gasteiger charge is -2.19. The van der Waals surface area contributed by atoms with E-state index in [1.807, 2.05) is 68.4 Å². The topological polar surface area (TPSA) is 29.5 Å². The molecule has 3 aromatic carbocycles. The Morgan fingerprint density at radius 3 is 2.50 bits per heavy atom. The highest BCUT2D eigenvalue weighted by atomic mass is 16.5. The van der Waals surface area contributed by atoms with E-state index in [0.717, 1.165) is 33.3 Å². The monoisotopic (exact) mass is 319 g/mol. The molecule has 0 unspecified atom stereocenters. The number of ether oxygens (including phenoxy) is 1. The number of anilines is 1. The van der Waals surface area contributed by atoms with Gasteiger partial charge in [-0.3, -0.25) is 4.79 Å². The van der Waals surface area contributed by atoms with Crippen LogP contribution in [0, 0.1) is 13.8 Å². The first-order chi connectivity index (χ1) is 11.5. The number of rotatable bonds is 4. The highest BCUT2D eigenvalue weighted by Gasteiger charge is 2.13. The SMILES string of the molecule is Cc1ccc(C)c(OCC(=O)N(C)c2ccc3ccccc3c2)c1. The number of likely N-dealkylation sites (N-methyl/N-ethyl adjacent to an activating group) is 1. The molecule has 0 saturated carbocycles. The predicted octanol–water partition coefficient (Wildman–Crippen LogP) is 4.50. The minimum Gasteiger partial charge on any atom is -0.483 e. The van der Waals surface area contributed by atoms with Crippen molar-refractivity contribution in [1.29, 1.82) is 0 Å². The largest absolute Gasteiger partial charge is 0.483 e. The third-order valence-corrected chi connectivity index (χ3v) is 4.19. The lowest BCUT2D eigenvalue weighted by atomic mass is 10.1. The Morgan fingerprint density at radius 1 is 0.958 bits per heavy atom. The third-order valence-electron chi connectivity index (χ3n) is 4.19. The van der Waals surface area contributed by atoms with E-state index in [0.29, 0.717) is 0 Å². The molecule has 0 radical (unpaired) electrons. The summed E-state index contributed by atoms with van der Waals surface area (Å²) in [6, 6.07) is 20.1. The fraction of sp³-hybridized carbons (Fsp3) is 0.190. The Balaban J connectivity index is 1.72. The van der Waals surface area contributed by atoms with Crippen LogP contribution in [0.2, 0.25) is 0 Å². The van der Waals surface area contributed by atoms with Crippen LogP contribution in [-0.4, -0.2) is 19.6 Å². The van der Waals surface area contributed by atoms with Crippen LogP contribution in [0.1, 0.15) is 11.1 Å². The first-order valence-corrected chi connectivity index (χ1v) is 8.00. The first kappa shape index (κ1) is 16.1. The van der Waals surface area contributed by atoms with Crippen LogP contribution in [0.5, 0.6) is 5.75 Å². The Kier molecular flexibility index (Phi) is 4.52. The minimum absolute atomic E-state index is 0.0214. The van der Waals surface area contributed by atoms with Crippen LogP contribution in [0.25, 0.3) is 10.8 Å². The Labute approximate surface area is 142 Å². The van der Waals surface area contributed by atoms with Crippen LogP contribution in [0.4, 0.5) is 5.69 Å². The maximum atomic E-state index is 12.5. The van der Waals surface area contributed by atoms with Crippen LogP contribution in [0.15, 0.2) is 60.7 Å². The zero-order chi connectivity index (χ0) is 17.1. The van der Waals surface area contributed by atoms with Gasteiger partial charge in [0.25, 0.3) is 5.91 Å². The number of amides is 1. The van der Waals surface area contributed by atoms with Crippen LogP contribution in [0.3, 0.4) is 0 Å². The van der Waals surface area contributed by atoms with E-state index in [-0.39, 0.29) is 12.5 Å². The van der Waals surface area contributed by atoms with Gasteiger partial charge in [0, 0.05) is 12.7 Å². The average Bonchev–Trinajstić information content (AvgIpc) is 2.61. The van der Waals surface area contributed by atoms with Crippen molar-refractivity contribution in [3.05, 3.63) is 71.8 Å². The fourth-order valence-electron chi connectivity index (χ4n) is 2.63. The lowest BCUT2D eigenvalue weighted by molar-refractivity contribution is -0.120. The summed E-state index contributed by atoms with van der Waals surface area (Å²) in [4.78, 5) is 14.1. The van der Waals surface area contributed by atoms with Crippen molar-refractivity contribution in [3.63, 3.8) is 0 Å². The van der Waals surface area contributed by atoms with E-state index in [1.54, 1.807) is 11.9 Å². The molecule has 0 aliphatic carbocycles. The second kappa shape index (κ2) is 6.75. The molecule has 0 bridgehead atoms. The summed E-state index contributed by atoms with van der Waals surface area (Å²) >= 11 is 0. The van der Waals surface area contributed by atoms with Gasteiger partial charge in [-0.15, -0.1) is 0 Å². The Morgan fingerprint density at radius 2 is 1.71 bits per heavy atom. The molecule has 24 heavy (non-hydrogen) atoms. The maximum absolute atomic E-state index is 12.5. The van der Waals surface area contributed by atoms with E-state index in [2.05, 4.69) is 6.07 Å². The van der Waals surface area contributed by atoms with Crippen molar-refractivity contribution in [2.24, 2.45) is 0 Å². The summed E-state index contributed by atoms with van der Waals surface area (Å²) in [5.74, 6) is 0.682. The molecule has 3 nitrogen and oxygen atoms in total. The van der Waals surface area contributed by atoms with E-state index < -0.39 is 0 Å². The van der Waals surface area contributed by atoms with Gasteiger partial charge in [0.2, 0.25) is 0 Å². The van der Waals surface area contributed by atoms with Gasteiger partial charge < -0.3 is 9.64 Å². The van der Waals surface area contributed by atoms with E-state index in [1.165, 1.54) is 0 Å². The van der Waals surface area contributed by atoms with Gasteiger partial charge in [0.05, 0.1) is 0 Å².